The first-order chi connectivity index (χ1) is 34.7. The van der Waals surface area contributed by atoms with Crippen LogP contribution in [0.1, 0.15) is 190 Å². The van der Waals surface area contributed by atoms with E-state index in [1.54, 1.807) is 0 Å². The van der Waals surface area contributed by atoms with E-state index in [0.717, 1.165) is 54.8 Å². The summed E-state index contributed by atoms with van der Waals surface area (Å²) in [6.07, 6.45) is 4.24. The summed E-state index contributed by atoms with van der Waals surface area (Å²) in [5.74, 6) is -1.38. The number of benzene rings is 4. The molecule has 395 valence electrons. The molecule has 0 amide bonds. The average molecular weight is 1120 g/mol. The fraction of sp³-hybridized carbons (Fsp3) is 0.353. The first kappa shape index (κ1) is 56.3. The van der Waals surface area contributed by atoms with Crippen LogP contribution in [-0.4, -0.2) is 21.5 Å². The van der Waals surface area contributed by atoms with E-state index in [1.807, 2.05) is 48.5 Å². The third-order valence-corrected chi connectivity index (χ3v) is 15.3. The Morgan fingerprint density at radius 1 is 0.342 bits per heavy atom. The summed E-state index contributed by atoms with van der Waals surface area (Å²) in [7, 11) is 0. The second-order valence-corrected chi connectivity index (χ2v) is 27.9. The topological polar surface area (TPSA) is 88.1 Å². The smallest absolute Gasteiger partial charge is 0.657 e. The summed E-state index contributed by atoms with van der Waals surface area (Å²) < 4.78 is 0.874. The van der Waals surface area contributed by atoms with E-state index in [-0.39, 0.29) is 60.9 Å². The SMILES string of the molecule is CC(C)(C)c1cc(-c2c3nc(c(-c4cc(C(C)(C)C)cc(C(C)(C)C)c4)c4ccc([n-]4)c(-c4cc(C(C)(C)C)cc(C(C)(C)C)c4)c4nc(c(-c5ccc(Br)cc5)c5ccc2[n-]5)C(=O)C4=O)C=C3)cc(C(C)(C)C)c1.[Cu+2]. The van der Waals surface area contributed by atoms with Crippen molar-refractivity contribution in [3.8, 4) is 44.5 Å². The summed E-state index contributed by atoms with van der Waals surface area (Å²) in [5, 5.41) is 0. The van der Waals surface area contributed by atoms with Crippen LogP contribution < -0.4 is 9.97 Å². The van der Waals surface area contributed by atoms with Gasteiger partial charge in [-0.15, -0.1) is 22.1 Å². The van der Waals surface area contributed by atoms with E-state index in [2.05, 4.69) is 207 Å². The molecule has 2 aliphatic rings. The molecule has 2 aliphatic heterocycles. The fourth-order valence-electron chi connectivity index (χ4n) is 9.89. The van der Waals surface area contributed by atoms with Crippen LogP contribution in [0.5, 0.6) is 0 Å². The molecular formula is C68H73BrCuN4O2. The van der Waals surface area contributed by atoms with Crippen molar-refractivity contribution in [3.63, 3.8) is 0 Å². The van der Waals surface area contributed by atoms with Crippen LogP contribution in [-0.2, 0) is 49.6 Å². The normalized spacial score (nSPS) is 13.6. The van der Waals surface area contributed by atoms with E-state index in [1.165, 1.54) is 22.3 Å². The van der Waals surface area contributed by atoms with Crippen molar-refractivity contribution in [1.82, 2.24) is 19.9 Å². The van der Waals surface area contributed by atoms with E-state index in [9.17, 15) is 0 Å². The first-order valence-corrected chi connectivity index (χ1v) is 27.2. The molecule has 8 bridgehead atoms. The van der Waals surface area contributed by atoms with Gasteiger partial charge in [0.05, 0.1) is 11.4 Å². The summed E-state index contributed by atoms with van der Waals surface area (Å²) in [4.78, 5) is 52.2. The van der Waals surface area contributed by atoms with Crippen LogP contribution in [0.2, 0.25) is 0 Å². The molecule has 0 atom stereocenters. The number of nitrogens with zero attached hydrogens (tertiary/aromatic N) is 4. The third kappa shape index (κ3) is 11.0. The second kappa shape index (κ2) is 19.5. The van der Waals surface area contributed by atoms with Crippen molar-refractivity contribution in [2.45, 2.75) is 157 Å². The molecule has 3 aromatic heterocycles. The van der Waals surface area contributed by atoms with Gasteiger partial charge >= 0.3 is 17.1 Å². The summed E-state index contributed by atoms with van der Waals surface area (Å²) in [6.45, 7) is 40.2. The number of ketones is 2. The molecule has 0 unspecified atom stereocenters. The summed E-state index contributed by atoms with van der Waals surface area (Å²) >= 11 is 3.63. The largest absolute Gasteiger partial charge is 2.00 e. The maximum atomic E-state index is 15.2. The van der Waals surface area contributed by atoms with Crippen LogP contribution >= 0.6 is 15.9 Å². The number of hydrogen-bond donors (Lipinski definition) is 0. The zero-order valence-electron chi connectivity index (χ0n) is 47.8. The number of carbonyl (C=O) groups is 2. The first-order valence-electron chi connectivity index (χ1n) is 26.4. The Bertz CT molecular complexity index is 3600. The van der Waals surface area contributed by atoms with Crippen LogP contribution in [0, 0.1) is 0 Å². The van der Waals surface area contributed by atoms with Gasteiger partial charge in [-0.25, -0.2) is 9.97 Å². The standard InChI is InChI=1S/C68H75BrN4O2.Cu/c1-63(2,3)42-29-39(30-43(35-42)64(4,5)6)55-49-23-24-50(70-49)56(40-31-44(65(7,8)9)36-45(32-40)66(10,11)12)52-26-28-54(72-52)58(41-33-46(67(13,14)15)37-47(34-41)68(16,17)18)60-62(75)61(74)59(73-60)57(53-27-25-51(55)71-53)38-19-21-48(69)22-20-38;/h19-37H,1-18H3,(H2,70,71,72,73,74,75);/q;+2/p-2. The Morgan fingerprint density at radius 3 is 0.895 bits per heavy atom. The molecule has 5 heterocycles. The van der Waals surface area contributed by atoms with E-state index >= 15 is 9.59 Å². The minimum atomic E-state index is -0.691. The molecule has 4 aromatic carbocycles. The molecule has 0 spiro atoms. The maximum Gasteiger partial charge on any atom is 2.00 e. The predicted octanol–water partition coefficient (Wildman–Crippen LogP) is 18.0. The Labute approximate surface area is 470 Å². The third-order valence-electron chi connectivity index (χ3n) is 14.8. The molecule has 8 heteroatoms. The van der Waals surface area contributed by atoms with Crippen LogP contribution in [0.3, 0.4) is 0 Å². The minimum absolute atomic E-state index is 0. The predicted molar refractivity (Wildman–Crippen MR) is 318 cm³/mol. The van der Waals surface area contributed by atoms with E-state index in [4.69, 9.17) is 19.9 Å². The quantitative estimate of drug-likeness (QED) is 0.129. The molecule has 76 heavy (non-hydrogen) atoms. The molecule has 7 aromatic rings. The number of aromatic nitrogens is 4. The van der Waals surface area contributed by atoms with Gasteiger partial charge in [-0.1, -0.05) is 232 Å². The fourth-order valence-corrected chi connectivity index (χ4v) is 10.1. The molecular weight excluding hydrogens is 1050 g/mol. The molecule has 0 N–H and O–H groups in total. The number of hydrogen-bond acceptors (Lipinski definition) is 4. The second-order valence-electron chi connectivity index (χ2n) is 27.0. The molecule has 9 rings (SSSR count). The minimum Gasteiger partial charge on any atom is -0.657 e. The Kier molecular flexibility index (Phi) is 14.5. The Hall–Kier alpha value is -5.92. The zero-order valence-corrected chi connectivity index (χ0v) is 50.3. The molecule has 0 aliphatic carbocycles. The molecule has 0 fully saturated rings. The molecule has 6 nitrogen and oxygen atoms in total. The average Bonchev–Trinajstić information content (AvgIpc) is 4.14. The van der Waals surface area contributed by atoms with Crippen LogP contribution in [0.4, 0.5) is 0 Å². The van der Waals surface area contributed by atoms with E-state index in [0.29, 0.717) is 38.8 Å². The van der Waals surface area contributed by atoms with Crippen LogP contribution in [0.15, 0.2) is 108 Å². The van der Waals surface area contributed by atoms with Gasteiger partial charge in [0.25, 0.3) is 11.6 Å². The molecule has 0 saturated heterocycles. The van der Waals surface area contributed by atoms with Gasteiger partial charge in [-0.2, -0.15) is 0 Å². The number of carbonyl (C=O) groups excluding carboxylic acids is 2. The van der Waals surface area contributed by atoms with Gasteiger partial charge in [0.2, 0.25) is 0 Å². The Balaban J connectivity index is 0.00000765. The van der Waals surface area contributed by atoms with Crippen molar-refractivity contribution in [2.75, 3.05) is 0 Å². The maximum absolute atomic E-state index is 15.2. The summed E-state index contributed by atoms with van der Waals surface area (Å²) in [6, 6.07) is 36.1. The molecule has 1 radical (unpaired) electrons. The van der Waals surface area contributed by atoms with Gasteiger partial charge in [0.15, 0.2) is 0 Å². The van der Waals surface area contributed by atoms with Gasteiger partial charge in [0, 0.05) is 4.47 Å². The van der Waals surface area contributed by atoms with Crippen molar-refractivity contribution < 1.29 is 26.7 Å². The number of halogens is 1. The molecule has 0 saturated carbocycles. The van der Waals surface area contributed by atoms with Crippen molar-refractivity contribution in [3.05, 3.63) is 164 Å². The number of Topliss-reactive ketones (excluding diaryl/α,β-unsaturated/α-hetero) is 2. The van der Waals surface area contributed by atoms with Crippen molar-refractivity contribution in [1.29, 1.82) is 0 Å². The van der Waals surface area contributed by atoms with Gasteiger partial charge in [-0.05, 0) is 135 Å². The van der Waals surface area contributed by atoms with Gasteiger partial charge in [-0.3, -0.25) is 9.59 Å². The van der Waals surface area contributed by atoms with E-state index < -0.39 is 11.6 Å². The number of fused-ring (bicyclic) bond motifs is 8. The number of rotatable bonds is 4. The van der Waals surface area contributed by atoms with Crippen LogP contribution in [0.25, 0.3) is 78.7 Å². The van der Waals surface area contributed by atoms with Crippen molar-refractivity contribution in [2.24, 2.45) is 0 Å². The Morgan fingerprint density at radius 2 is 0.605 bits per heavy atom. The monoisotopic (exact) mass is 1120 g/mol. The zero-order chi connectivity index (χ0) is 54.7. The van der Waals surface area contributed by atoms with Gasteiger partial charge in [0.1, 0.15) is 11.4 Å². The van der Waals surface area contributed by atoms with Crippen molar-refractivity contribution >= 4 is 61.7 Å². The van der Waals surface area contributed by atoms with Gasteiger partial charge < -0.3 is 9.97 Å². The summed E-state index contributed by atoms with van der Waals surface area (Å²) in [5.41, 5.74) is 16.0.